The minimum Gasteiger partial charge on any atom is -0.493 e. The Morgan fingerprint density at radius 3 is 2.54 bits per heavy atom. The van der Waals surface area contributed by atoms with Crippen LogP contribution in [-0.4, -0.2) is 41.9 Å². The third-order valence-corrected chi connectivity index (χ3v) is 6.37. The molecule has 0 saturated carbocycles. The smallest absolute Gasteiger partial charge is 0.268 e. The molecule has 3 N–H and O–H groups in total. The minimum atomic E-state index is -0.249. The van der Waals surface area contributed by atoms with Crippen LogP contribution in [0.15, 0.2) is 48.7 Å². The first-order chi connectivity index (χ1) is 16.8. The molecule has 4 rings (SSSR count). The summed E-state index contributed by atoms with van der Waals surface area (Å²) in [6.45, 7) is 7.93. The maximum atomic E-state index is 13.2. The molecule has 0 bridgehead atoms. The second-order valence-electron chi connectivity index (χ2n) is 8.58. The number of Topliss-reactive ketones (excluding diaryl/α,β-unsaturated/α-hetero) is 1. The molecule has 0 spiro atoms. The van der Waals surface area contributed by atoms with Crippen molar-refractivity contribution in [1.82, 2.24) is 15.3 Å². The Bertz CT molecular complexity index is 1380. The maximum absolute atomic E-state index is 13.2. The lowest BCUT2D eigenvalue weighted by Gasteiger charge is -2.20. The number of hydrogen-bond acceptors (Lipinski definition) is 4. The van der Waals surface area contributed by atoms with E-state index < -0.39 is 0 Å². The highest BCUT2D eigenvalue weighted by Gasteiger charge is 2.24. The Labute approximate surface area is 204 Å². The summed E-state index contributed by atoms with van der Waals surface area (Å²) in [7, 11) is 1.62. The van der Waals surface area contributed by atoms with Crippen LogP contribution in [0.2, 0.25) is 0 Å². The van der Waals surface area contributed by atoms with Crippen molar-refractivity contribution < 1.29 is 19.1 Å². The van der Waals surface area contributed by atoms with Gasteiger partial charge in [-0.3, -0.25) is 9.59 Å². The predicted octanol–water partition coefficient (Wildman–Crippen LogP) is 5.28. The van der Waals surface area contributed by atoms with E-state index in [1.165, 1.54) is 6.92 Å². The lowest BCUT2D eigenvalue weighted by atomic mass is 9.90. The molecule has 35 heavy (non-hydrogen) atoms. The number of carbonyl (C=O) groups excluding carboxylic acids is 2. The van der Waals surface area contributed by atoms with Gasteiger partial charge in [-0.1, -0.05) is 24.3 Å². The van der Waals surface area contributed by atoms with Crippen LogP contribution in [0.5, 0.6) is 11.5 Å². The Hall–Kier alpha value is -4.00. The molecule has 0 fully saturated rings. The number of aromatic amines is 2. The van der Waals surface area contributed by atoms with Crippen LogP contribution in [0.4, 0.5) is 0 Å². The van der Waals surface area contributed by atoms with E-state index in [9.17, 15) is 9.59 Å². The summed E-state index contributed by atoms with van der Waals surface area (Å²) < 4.78 is 11.3. The average molecular weight is 474 g/mol. The monoisotopic (exact) mass is 473 g/mol. The summed E-state index contributed by atoms with van der Waals surface area (Å²) in [6, 6.07) is 14.0. The van der Waals surface area contributed by atoms with Gasteiger partial charge in [0.2, 0.25) is 0 Å². The van der Waals surface area contributed by atoms with Gasteiger partial charge in [0.15, 0.2) is 17.3 Å². The van der Waals surface area contributed by atoms with Crippen molar-refractivity contribution in [3.8, 4) is 11.5 Å². The highest BCUT2D eigenvalue weighted by atomic mass is 16.5. The summed E-state index contributed by atoms with van der Waals surface area (Å²) in [6.07, 6.45) is 1.99. The number of ketones is 1. The van der Waals surface area contributed by atoms with Gasteiger partial charge < -0.3 is 24.8 Å². The standard InChI is InChI=1S/C28H31N3O4/c1-6-35-24-12-11-19(13-25(24)34-5)21(22-15-29-23-10-8-7-9-20(22)23)14-30-28(33)27-16(2)26(18(4)32)17(3)31-27/h7-13,15,21,29,31H,6,14H2,1-5H3,(H,30,33)/t21-/m0/s1. The van der Waals surface area contributed by atoms with Crippen LogP contribution < -0.4 is 14.8 Å². The van der Waals surface area contributed by atoms with Crippen LogP contribution in [0.25, 0.3) is 10.9 Å². The molecule has 2 aromatic carbocycles. The van der Waals surface area contributed by atoms with Crippen molar-refractivity contribution in [2.24, 2.45) is 0 Å². The van der Waals surface area contributed by atoms with Gasteiger partial charge in [0.05, 0.1) is 13.7 Å². The van der Waals surface area contributed by atoms with Crippen LogP contribution in [0, 0.1) is 13.8 Å². The Balaban J connectivity index is 1.70. The summed E-state index contributed by atoms with van der Waals surface area (Å²) in [5, 5.41) is 4.17. The molecule has 7 nitrogen and oxygen atoms in total. The molecule has 1 amide bonds. The van der Waals surface area contributed by atoms with E-state index in [1.807, 2.05) is 56.4 Å². The SMILES string of the molecule is CCOc1ccc([C@H](CNC(=O)c2[nH]c(C)c(C(C)=O)c2C)c2c[nH]c3ccccc23)cc1OC. The zero-order valence-corrected chi connectivity index (χ0v) is 20.7. The molecular weight excluding hydrogens is 442 g/mol. The number of nitrogens with one attached hydrogen (secondary N) is 3. The van der Waals surface area contributed by atoms with E-state index in [0.717, 1.165) is 22.0 Å². The average Bonchev–Trinajstić information content (AvgIpc) is 3.40. The molecule has 0 aliphatic carbocycles. The molecule has 0 radical (unpaired) electrons. The number of aryl methyl sites for hydroxylation is 1. The highest BCUT2D eigenvalue weighted by molar-refractivity contribution is 6.02. The second-order valence-corrected chi connectivity index (χ2v) is 8.58. The van der Waals surface area contributed by atoms with E-state index >= 15 is 0 Å². The zero-order chi connectivity index (χ0) is 25.1. The normalized spacial score (nSPS) is 11.9. The molecule has 0 unspecified atom stereocenters. The Kier molecular flexibility index (Phi) is 6.96. The van der Waals surface area contributed by atoms with Crippen LogP contribution in [0.3, 0.4) is 0 Å². The van der Waals surface area contributed by atoms with Crippen molar-refractivity contribution in [3.05, 3.63) is 82.3 Å². The molecule has 7 heteroatoms. The number of H-pyrrole nitrogens is 2. The summed E-state index contributed by atoms with van der Waals surface area (Å²) in [5.74, 6) is 0.856. The number of ether oxygens (including phenoxy) is 2. The molecular formula is C28H31N3O4. The molecule has 1 atom stereocenters. The molecule has 4 aromatic rings. The maximum Gasteiger partial charge on any atom is 0.268 e. The van der Waals surface area contributed by atoms with Crippen molar-refractivity contribution in [2.45, 2.75) is 33.6 Å². The summed E-state index contributed by atoms with van der Waals surface area (Å²) >= 11 is 0. The molecule has 0 aliphatic heterocycles. The van der Waals surface area contributed by atoms with E-state index in [1.54, 1.807) is 14.0 Å². The Morgan fingerprint density at radius 2 is 1.86 bits per heavy atom. The number of para-hydroxylation sites is 1. The third kappa shape index (κ3) is 4.67. The topological polar surface area (TPSA) is 96.2 Å². The summed E-state index contributed by atoms with van der Waals surface area (Å²) in [4.78, 5) is 31.6. The van der Waals surface area contributed by atoms with Gasteiger partial charge in [0.25, 0.3) is 5.91 Å². The number of benzene rings is 2. The summed E-state index contributed by atoms with van der Waals surface area (Å²) in [5.41, 5.74) is 5.42. The number of aromatic nitrogens is 2. The largest absolute Gasteiger partial charge is 0.493 e. The van der Waals surface area contributed by atoms with Crippen molar-refractivity contribution in [3.63, 3.8) is 0 Å². The molecule has 0 aliphatic rings. The fourth-order valence-electron chi connectivity index (χ4n) is 4.75. The lowest BCUT2D eigenvalue weighted by molar-refractivity contribution is 0.0947. The number of hydrogen-bond donors (Lipinski definition) is 3. The first kappa shape index (κ1) is 24.1. The zero-order valence-electron chi connectivity index (χ0n) is 20.7. The quantitative estimate of drug-likeness (QED) is 0.288. The van der Waals surface area contributed by atoms with E-state index in [0.29, 0.717) is 47.2 Å². The molecule has 2 aromatic heterocycles. The number of methoxy groups -OCH3 is 1. The number of fused-ring (bicyclic) bond motifs is 1. The van der Waals surface area contributed by atoms with Gasteiger partial charge in [-0.05, 0) is 62.6 Å². The van der Waals surface area contributed by atoms with Gasteiger partial charge in [0.1, 0.15) is 5.69 Å². The molecule has 182 valence electrons. The highest BCUT2D eigenvalue weighted by Crippen LogP contribution is 2.36. The second kappa shape index (κ2) is 10.1. The van der Waals surface area contributed by atoms with Crippen molar-refractivity contribution >= 4 is 22.6 Å². The third-order valence-electron chi connectivity index (χ3n) is 6.37. The van der Waals surface area contributed by atoms with Crippen molar-refractivity contribution in [2.75, 3.05) is 20.3 Å². The van der Waals surface area contributed by atoms with Gasteiger partial charge in [-0.15, -0.1) is 0 Å². The first-order valence-electron chi connectivity index (χ1n) is 11.7. The van der Waals surface area contributed by atoms with Crippen molar-refractivity contribution in [1.29, 1.82) is 0 Å². The minimum absolute atomic E-state index is 0.0616. The Morgan fingerprint density at radius 1 is 1.09 bits per heavy atom. The van der Waals surface area contributed by atoms with Gasteiger partial charge >= 0.3 is 0 Å². The fourth-order valence-corrected chi connectivity index (χ4v) is 4.75. The fraction of sp³-hybridized carbons (Fsp3) is 0.286. The molecule has 2 heterocycles. The number of carbonyl (C=O) groups is 2. The van der Waals surface area contributed by atoms with E-state index in [-0.39, 0.29) is 17.6 Å². The first-order valence-corrected chi connectivity index (χ1v) is 11.7. The van der Waals surface area contributed by atoms with E-state index in [2.05, 4.69) is 21.4 Å². The molecule has 0 saturated heterocycles. The van der Waals surface area contributed by atoms with Crippen LogP contribution >= 0.6 is 0 Å². The van der Waals surface area contributed by atoms with E-state index in [4.69, 9.17) is 9.47 Å². The predicted molar refractivity (Wildman–Crippen MR) is 137 cm³/mol. The van der Waals surface area contributed by atoms with Gasteiger partial charge in [-0.25, -0.2) is 0 Å². The number of rotatable bonds is 9. The lowest BCUT2D eigenvalue weighted by Crippen LogP contribution is -2.29. The van der Waals surface area contributed by atoms with Crippen LogP contribution in [0.1, 0.15) is 63.0 Å². The van der Waals surface area contributed by atoms with Gasteiger partial charge in [0, 0.05) is 40.8 Å². The van der Waals surface area contributed by atoms with Gasteiger partial charge in [-0.2, -0.15) is 0 Å². The number of amides is 1. The van der Waals surface area contributed by atoms with Crippen LogP contribution in [-0.2, 0) is 0 Å².